The standard InChI is InChI=1S/C16H25N/c1-4-14-7-10-16(11-14)17-13(3)15-8-5-12(2)6-9-15/h5-6,8-9,13-14,16-17H,4,7,10-11H2,1-3H3. The first-order valence-electron chi connectivity index (χ1n) is 7.01. The number of hydrogen-bond acceptors (Lipinski definition) is 1. The van der Waals surface area contributed by atoms with Crippen LogP contribution < -0.4 is 5.32 Å². The smallest absolute Gasteiger partial charge is 0.0294 e. The summed E-state index contributed by atoms with van der Waals surface area (Å²) in [6, 6.07) is 10.1. The Morgan fingerprint density at radius 3 is 2.53 bits per heavy atom. The van der Waals surface area contributed by atoms with Crippen LogP contribution >= 0.6 is 0 Å². The maximum absolute atomic E-state index is 3.78. The fraction of sp³-hybridized carbons (Fsp3) is 0.625. The van der Waals surface area contributed by atoms with E-state index in [1.54, 1.807) is 0 Å². The van der Waals surface area contributed by atoms with Crippen LogP contribution in [0.15, 0.2) is 24.3 Å². The Morgan fingerprint density at radius 1 is 1.24 bits per heavy atom. The van der Waals surface area contributed by atoms with E-state index < -0.39 is 0 Å². The van der Waals surface area contributed by atoms with Gasteiger partial charge in [-0.2, -0.15) is 0 Å². The van der Waals surface area contributed by atoms with Gasteiger partial charge in [-0.15, -0.1) is 0 Å². The largest absolute Gasteiger partial charge is 0.307 e. The van der Waals surface area contributed by atoms with Crippen molar-refractivity contribution in [3.05, 3.63) is 35.4 Å². The molecule has 0 amide bonds. The van der Waals surface area contributed by atoms with Crippen molar-refractivity contribution >= 4 is 0 Å². The highest BCUT2D eigenvalue weighted by atomic mass is 14.9. The predicted molar refractivity (Wildman–Crippen MR) is 74.1 cm³/mol. The third-order valence-corrected chi connectivity index (χ3v) is 4.18. The molecule has 0 heterocycles. The minimum absolute atomic E-state index is 0.483. The van der Waals surface area contributed by atoms with Crippen molar-refractivity contribution in [3.63, 3.8) is 0 Å². The van der Waals surface area contributed by atoms with Crippen LogP contribution in [0, 0.1) is 12.8 Å². The van der Waals surface area contributed by atoms with Crippen LogP contribution in [0.2, 0.25) is 0 Å². The molecule has 94 valence electrons. The molecule has 3 unspecified atom stereocenters. The van der Waals surface area contributed by atoms with Gasteiger partial charge in [0.15, 0.2) is 0 Å². The molecule has 0 saturated heterocycles. The summed E-state index contributed by atoms with van der Waals surface area (Å²) in [4.78, 5) is 0. The molecule has 1 aliphatic carbocycles. The Balaban J connectivity index is 1.89. The van der Waals surface area contributed by atoms with Gasteiger partial charge in [0.1, 0.15) is 0 Å². The first kappa shape index (κ1) is 12.6. The molecule has 1 aromatic rings. The van der Waals surface area contributed by atoms with Crippen LogP contribution in [-0.2, 0) is 0 Å². The summed E-state index contributed by atoms with van der Waals surface area (Å²) in [5.74, 6) is 0.956. The van der Waals surface area contributed by atoms with Crippen molar-refractivity contribution in [3.8, 4) is 0 Å². The molecule has 1 N–H and O–H groups in total. The lowest BCUT2D eigenvalue weighted by Gasteiger charge is -2.20. The number of rotatable bonds is 4. The van der Waals surface area contributed by atoms with Crippen LogP contribution in [0.25, 0.3) is 0 Å². The van der Waals surface area contributed by atoms with E-state index in [1.165, 1.54) is 36.8 Å². The van der Waals surface area contributed by atoms with Crippen LogP contribution in [-0.4, -0.2) is 6.04 Å². The van der Waals surface area contributed by atoms with Crippen molar-refractivity contribution in [2.45, 2.75) is 58.5 Å². The lowest BCUT2D eigenvalue weighted by Crippen LogP contribution is -2.29. The number of aryl methyl sites for hydroxylation is 1. The van der Waals surface area contributed by atoms with Crippen molar-refractivity contribution in [1.29, 1.82) is 0 Å². The van der Waals surface area contributed by atoms with Gasteiger partial charge in [0.25, 0.3) is 0 Å². The highest BCUT2D eigenvalue weighted by Crippen LogP contribution is 2.29. The van der Waals surface area contributed by atoms with Crippen molar-refractivity contribution in [2.24, 2.45) is 5.92 Å². The Kier molecular flexibility index (Phi) is 4.22. The molecule has 3 atom stereocenters. The molecule has 17 heavy (non-hydrogen) atoms. The second kappa shape index (κ2) is 5.68. The molecule has 0 radical (unpaired) electrons. The Hall–Kier alpha value is -0.820. The molecule has 1 aromatic carbocycles. The lowest BCUT2D eigenvalue weighted by atomic mass is 10.0. The Bertz CT molecular complexity index is 341. The maximum Gasteiger partial charge on any atom is 0.0294 e. The minimum Gasteiger partial charge on any atom is -0.307 e. The zero-order chi connectivity index (χ0) is 12.3. The third-order valence-electron chi connectivity index (χ3n) is 4.18. The monoisotopic (exact) mass is 231 g/mol. The van der Waals surface area contributed by atoms with Gasteiger partial charge in [-0.25, -0.2) is 0 Å². The number of nitrogens with one attached hydrogen (secondary N) is 1. The van der Waals surface area contributed by atoms with Gasteiger partial charge in [0.2, 0.25) is 0 Å². The summed E-state index contributed by atoms with van der Waals surface area (Å²) < 4.78 is 0. The van der Waals surface area contributed by atoms with E-state index in [1.807, 2.05) is 0 Å². The van der Waals surface area contributed by atoms with Gasteiger partial charge in [0, 0.05) is 12.1 Å². The molecule has 2 rings (SSSR count). The van der Waals surface area contributed by atoms with Gasteiger partial charge in [-0.05, 0) is 44.6 Å². The van der Waals surface area contributed by atoms with Crippen molar-refractivity contribution < 1.29 is 0 Å². The summed E-state index contributed by atoms with van der Waals surface area (Å²) in [7, 11) is 0. The van der Waals surface area contributed by atoms with Crippen LogP contribution in [0.3, 0.4) is 0 Å². The normalized spacial score (nSPS) is 26.1. The summed E-state index contributed by atoms with van der Waals surface area (Å²) in [5.41, 5.74) is 2.75. The molecule has 0 spiro atoms. The summed E-state index contributed by atoms with van der Waals surface area (Å²) >= 11 is 0. The minimum atomic E-state index is 0.483. The van der Waals surface area contributed by atoms with E-state index in [2.05, 4.69) is 50.4 Å². The molecule has 0 bridgehead atoms. The molecule has 1 fully saturated rings. The predicted octanol–water partition coefficient (Wildman–Crippen LogP) is 4.22. The molecule has 1 heteroatoms. The fourth-order valence-corrected chi connectivity index (χ4v) is 2.90. The van der Waals surface area contributed by atoms with Crippen LogP contribution in [0.5, 0.6) is 0 Å². The SMILES string of the molecule is CCC1CCC(NC(C)c2ccc(C)cc2)C1. The molecule has 0 aromatic heterocycles. The van der Waals surface area contributed by atoms with E-state index in [-0.39, 0.29) is 0 Å². The lowest BCUT2D eigenvalue weighted by molar-refractivity contribution is 0.437. The molecular weight excluding hydrogens is 206 g/mol. The fourth-order valence-electron chi connectivity index (χ4n) is 2.90. The second-order valence-corrected chi connectivity index (χ2v) is 5.58. The number of hydrogen-bond donors (Lipinski definition) is 1. The zero-order valence-electron chi connectivity index (χ0n) is 11.4. The molecule has 1 saturated carbocycles. The van der Waals surface area contributed by atoms with Crippen LogP contribution in [0.1, 0.15) is 56.7 Å². The van der Waals surface area contributed by atoms with Crippen molar-refractivity contribution in [1.82, 2.24) is 5.32 Å². The zero-order valence-corrected chi connectivity index (χ0v) is 11.4. The van der Waals surface area contributed by atoms with Gasteiger partial charge in [-0.3, -0.25) is 0 Å². The van der Waals surface area contributed by atoms with Gasteiger partial charge in [-0.1, -0.05) is 43.2 Å². The first-order valence-corrected chi connectivity index (χ1v) is 7.01. The second-order valence-electron chi connectivity index (χ2n) is 5.58. The van der Waals surface area contributed by atoms with Crippen LogP contribution in [0.4, 0.5) is 0 Å². The third kappa shape index (κ3) is 3.32. The topological polar surface area (TPSA) is 12.0 Å². The van der Waals surface area contributed by atoms with Crippen molar-refractivity contribution in [2.75, 3.05) is 0 Å². The average molecular weight is 231 g/mol. The molecular formula is C16H25N. The van der Waals surface area contributed by atoms with E-state index in [0.29, 0.717) is 6.04 Å². The summed E-state index contributed by atoms with van der Waals surface area (Å²) in [6.07, 6.45) is 5.48. The molecule has 1 nitrogen and oxygen atoms in total. The first-order chi connectivity index (χ1) is 8.19. The average Bonchev–Trinajstić information content (AvgIpc) is 2.77. The maximum atomic E-state index is 3.78. The Labute approximate surface area is 106 Å². The highest BCUT2D eigenvalue weighted by Gasteiger charge is 2.24. The molecule has 0 aliphatic heterocycles. The van der Waals surface area contributed by atoms with E-state index >= 15 is 0 Å². The molecule has 1 aliphatic rings. The highest BCUT2D eigenvalue weighted by molar-refractivity contribution is 5.23. The summed E-state index contributed by atoms with van der Waals surface area (Å²) in [6.45, 7) is 6.74. The quantitative estimate of drug-likeness (QED) is 0.818. The Morgan fingerprint density at radius 2 is 1.94 bits per heavy atom. The van der Waals surface area contributed by atoms with Gasteiger partial charge >= 0.3 is 0 Å². The number of benzene rings is 1. The van der Waals surface area contributed by atoms with Gasteiger partial charge in [0.05, 0.1) is 0 Å². The van der Waals surface area contributed by atoms with E-state index in [9.17, 15) is 0 Å². The van der Waals surface area contributed by atoms with E-state index in [0.717, 1.165) is 12.0 Å². The van der Waals surface area contributed by atoms with Gasteiger partial charge < -0.3 is 5.32 Å². The van der Waals surface area contributed by atoms with E-state index in [4.69, 9.17) is 0 Å². The summed E-state index contributed by atoms with van der Waals surface area (Å²) in [5, 5.41) is 3.78.